The van der Waals surface area contributed by atoms with Gasteiger partial charge in [0.2, 0.25) is 5.91 Å². The molecule has 4 rings (SSSR count). The lowest BCUT2D eigenvalue weighted by Crippen LogP contribution is -2.40. The fourth-order valence-electron chi connectivity index (χ4n) is 4.84. The van der Waals surface area contributed by atoms with Crippen molar-refractivity contribution in [1.82, 2.24) is 25.0 Å². The van der Waals surface area contributed by atoms with Crippen LogP contribution in [0.4, 0.5) is 0 Å². The van der Waals surface area contributed by atoms with Crippen molar-refractivity contribution in [3.63, 3.8) is 0 Å². The first kappa shape index (κ1) is 18.0. The number of amides is 1. The molecule has 6 nitrogen and oxygen atoms in total. The van der Waals surface area contributed by atoms with E-state index in [4.69, 9.17) is 0 Å². The van der Waals surface area contributed by atoms with Crippen molar-refractivity contribution in [3.8, 4) is 0 Å². The Hall–Kier alpha value is -1.43. The van der Waals surface area contributed by atoms with Crippen molar-refractivity contribution >= 4 is 5.91 Å². The predicted molar refractivity (Wildman–Crippen MR) is 101 cm³/mol. The normalized spacial score (nSPS) is 24.5. The lowest BCUT2D eigenvalue weighted by atomic mass is 9.72. The van der Waals surface area contributed by atoms with Gasteiger partial charge in [0.1, 0.15) is 11.6 Å². The first-order valence-corrected chi connectivity index (χ1v) is 10.4. The highest BCUT2D eigenvalue weighted by Crippen LogP contribution is 2.39. The summed E-state index contributed by atoms with van der Waals surface area (Å²) >= 11 is 0. The third-order valence-corrected chi connectivity index (χ3v) is 6.79. The average molecular weight is 360 g/mol. The number of carbonyl (C=O) groups is 1. The summed E-state index contributed by atoms with van der Waals surface area (Å²) < 4.78 is 2.29. The van der Waals surface area contributed by atoms with Crippen LogP contribution in [-0.2, 0) is 17.9 Å². The molecular weight excluding hydrogens is 326 g/mol. The van der Waals surface area contributed by atoms with Crippen LogP contribution in [0.5, 0.6) is 0 Å². The van der Waals surface area contributed by atoms with Crippen LogP contribution in [0, 0.1) is 11.3 Å². The van der Waals surface area contributed by atoms with Gasteiger partial charge in [0.15, 0.2) is 0 Å². The predicted octanol–water partition coefficient (Wildman–Crippen LogP) is 2.69. The molecule has 0 aromatic carbocycles. The van der Waals surface area contributed by atoms with E-state index in [1.165, 1.54) is 25.7 Å². The fourth-order valence-corrected chi connectivity index (χ4v) is 4.84. The van der Waals surface area contributed by atoms with Gasteiger partial charge in [-0.25, -0.2) is 0 Å². The molecule has 0 bridgehead atoms. The standard InChI is InChI=1S/C20H33N5O/c1-20(2)7-3-15(4-8-20)13-18(26)24-10-5-16(6-11-24)19-23-22-17-14-21-9-12-25(17)19/h15-16,21H,3-14H2,1-2H3. The number of fused-ring (bicyclic) bond motifs is 1. The molecule has 6 heteroatoms. The van der Waals surface area contributed by atoms with E-state index in [1.807, 2.05) is 0 Å². The molecule has 0 radical (unpaired) electrons. The molecule has 1 aliphatic carbocycles. The van der Waals surface area contributed by atoms with E-state index in [0.29, 0.717) is 23.2 Å². The molecule has 0 unspecified atom stereocenters. The minimum Gasteiger partial charge on any atom is -0.343 e. The zero-order chi connectivity index (χ0) is 18.1. The van der Waals surface area contributed by atoms with Crippen LogP contribution < -0.4 is 5.32 Å². The summed E-state index contributed by atoms with van der Waals surface area (Å²) in [6.45, 7) is 9.25. The molecule has 3 aliphatic rings. The number of hydrogen-bond acceptors (Lipinski definition) is 4. The van der Waals surface area contributed by atoms with E-state index < -0.39 is 0 Å². The van der Waals surface area contributed by atoms with Crippen molar-refractivity contribution in [2.24, 2.45) is 11.3 Å². The van der Waals surface area contributed by atoms with Gasteiger partial charge in [0.25, 0.3) is 0 Å². The molecule has 3 heterocycles. The number of piperidine rings is 1. The fraction of sp³-hybridized carbons (Fsp3) is 0.850. The first-order chi connectivity index (χ1) is 12.5. The van der Waals surface area contributed by atoms with Crippen LogP contribution in [0.3, 0.4) is 0 Å². The molecule has 1 aromatic heterocycles. The second-order valence-electron chi connectivity index (χ2n) is 9.27. The van der Waals surface area contributed by atoms with Gasteiger partial charge in [-0.1, -0.05) is 13.8 Å². The molecule has 1 amide bonds. The molecule has 1 saturated heterocycles. The Kier molecular flexibility index (Phi) is 5.04. The van der Waals surface area contributed by atoms with Crippen LogP contribution in [0.25, 0.3) is 0 Å². The molecule has 1 N–H and O–H groups in total. The van der Waals surface area contributed by atoms with Crippen molar-refractivity contribution < 1.29 is 4.79 Å². The number of aromatic nitrogens is 3. The van der Waals surface area contributed by atoms with Crippen LogP contribution in [-0.4, -0.2) is 45.2 Å². The first-order valence-electron chi connectivity index (χ1n) is 10.4. The molecule has 0 atom stereocenters. The highest BCUT2D eigenvalue weighted by atomic mass is 16.2. The van der Waals surface area contributed by atoms with Crippen LogP contribution >= 0.6 is 0 Å². The minimum absolute atomic E-state index is 0.376. The summed E-state index contributed by atoms with van der Waals surface area (Å²) in [7, 11) is 0. The average Bonchev–Trinajstić information content (AvgIpc) is 3.08. The summed E-state index contributed by atoms with van der Waals surface area (Å²) in [5.41, 5.74) is 0.477. The van der Waals surface area contributed by atoms with Gasteiger partial charge in [0, 0.05) is 38.5 Å². The molecule has 2 fully saturated rings. The topological polar surface area (TPSA) is 63.1 Å². The summed E-state index contributed by atoms with van der Waals surface area (Å²) in [5, 5.41) is 12.2. The third kappa shape index (κ3) is 3.80. The van der Waals surface area contributed by atoms with E-state index in [0.717, 1.165) is 63.6 Å². The smallest absolute Gasteiger partial charge is 0.222 e. The highest BCUT2D eigenvalue weighted by molar-refractivity contribution is 5.76. The maximum atomic E-state index is 12.7. The third-order valence-electron chi connectivity index (χ3n) is 6.79. The minimum atomic E-state index is 0.376. The molecule has 1 aromatic rings. The van der Waals surface area contributed by atoms with Crippen molar-refractivity contribution in [3.05, 3.63) is 11.6 Å². The maximum Gasteiger partial charge on any atom is 0.222 e. The SMILES string of the molecule is CC1(C)CCC(CC(=O)N2CCC(c3nnc4n3CCNC4)CC2)CC1. The summed E-state index contributed by atoms with van der Waals surface area (Å²) in [4.78, 5) is 14.8. The molecule has 2 aliphatic heterocycles. The quantitative estimate of drug-likeness (QED) is 0.901. The van der Waals surface area contributed by atoms with Crippen molar-refractivity contribution in [2.45, 2.75) is 77.8 Å². The van der Waals surface area contributed by atoms with E-state index in [9.17, 15) is 4.79 Å². The molecule has 144 valence electrons. The number of nitrogens with one attached hydrogen (secondary N) is 1. The Morgan fingerprint density at radius 2 is 1.85 bits per heavy atom. The van der Waals surface area contributed by atoms with E-state index in [2.05, 4.69) is 38.8 Å². The molecule has 0 spiro atoms. The maximum absolute atomic E-state index is 12.7. The summed E-state index contributed by atoms with van der Waals surface area (Å²) in [6, 6.07) is 0. The van der Waals surface area contributed by atoms with Crippen molar-refractivity contribution in [2.75, 3.05) is 19.6 Å². The Labute approximate surface area is 156 Å². The van der Waals surface area contributed by atoms with E-state index >= 15 is 0 Å². The van der Waals surface area contributed by atoms with Gasteiger partial charge < -0.3 is 14.8 Å². The number of likely N-dealkylation sites (tertiary alicyclic amines) is 1. The molecular formula is C20H33N5O. The monoisotopic (exact) mass is 359 g/mol. The molecule has 1 saturated carbocycles. The van der Waals surface area contributed by atoms with Gasteiger partial charge in [-0.2, -0.15) is 0 Å². The van der Waals surface area contributed by atoms with E-state index in [-0.39, 0.29) is 0 Å². The van der Waals surface area contributed by atoms with E-state index in [1.54, 1.807) is 0 Å². The van der Waals surface area contributed by atoms with Gasteiger partial charge >= 0.3 is 0 Å². The van der Waals surface area contributed by atoms with Crippen LogP contribution in [0.15, 0.2) is 0 Å². The summed E-state index contributed by atoms with van der Waals surface area (Å²) in [6.07, 6.45) is 7.76. The Morgan fingerprint density at radius 3 is 2.58 bits per heavy atom. The number of nitrogens with zero attached hydrogens (tertiary/aromatic N) is 4. The zero-order valence-corrected chi connectivity index (χ0v) is 16.3. The second-order valence-corrected chi connectivity index (χ2v) is 9.27. The second kappa shape index (κ2) is 7.29. The van der Waals surface area contributed by atoms with Gasteiger partial charge in [-0.15, -0.1) is 10.2 Å². The van der Waals surface area contributed by atoms with Crippen LogP contribution in [0.1, 0.15) is 76.4 Å². The van der Waals surface area contributed by atoms with Gasteiger partial charge in [-0.3, -0.25) is 4.79 Å². The highest BCUT2D eigenvalue weighted by Gasteiger charge is 2.32. The number of rotatable bonds is 3. The van der Waals surface area contributed by atoms with Crippen molar-refractivity contribution in [1.29, 1.82) is 0 Å². The largest absolute Gasteiger partial charge is 0.343 e. The Bertz CT molecular complexity index is 635. The number of carbonyl (C=O) groups excluding carboxylic acids is 1. The summed E-state index contributed by atoms with van der Waals surface area (Å²) in [5.74, 6) is 3.63. The van der Waals surface area contributed by atoms with Gasteiger partial charge in [-0.05, 0) is 49.9 Å². The van der Waals surface area contributed by atoms with Gasteiger partial charge in [0.05, 0.1) is 6.54 Å². The van der Waals surface area contributed by atoms with Crippen LogP contribution in [0.2, 0.25) is 0 Å². The number of hydrogen-bond donors (Lipinski definition) is 1. The lowest BCUT2D eigenvalue weighted by Gasteiger charge is -2.36. The Balaban J connectivity index is 1.28. The zero-order valence-electron chi connectivity index (χ0n) is 16.3. The molecule has 26 heavy (non-hydrogen) atoms. The lowest BCUT2D eigenvalue weighted by molar-refractivity contribution is -0.133. The Morgan fingerprint density at radius 1 is 1.12 bits per heavy atom.